The summed E-state index contributed by atoms with van der Waals surface area (Å²) in [6.45, 7) is -0.891. The molecule has 0 aliphatic rings. The lowest BCUT2D eigenvalue weighted by Crippen LogP contribution is -2.38. The van der Waals surface area contributed by atoms with Crippen LogP contribution in [0.4, 0.5) is 13.2 Å². The number of nitrogens with two attached hydrogens (primary N) is 1. The number of primary amides is 1. The summed E-state index contributed by atoms with van der Waals surface area (Å²) in [5.74, 6) is -0.858. The normalized spacial score (nSPS) is 13.3. The standard InChI is InChI=1S/C12H15F3N2O2/c1-19-6-8-2-4-9(5-3-8)10(11(16)18)17-7-12(13,14)15/h2-5,10,17H,6-7H2,1H3,(H2,16,18). The maximum atomic E-state index is 12.1. The van der Waals surface area contributed by atoms with Crippen molar-refractivity contribution in [2.24, 2.45) is 5.73 Å². The van der Waals surface area contributed by atoms with Gasteiger partial charge in [0.05, 0.1) is 13.2 Å². The molecule has 106 valence electrons. The van der Waals surface area contributed by atoms with Crippen molar-refractivity contribution < 1.29 is 22.7 Å². The molecule has 19 heavy (non-hydrogen) atoms. The largest absolute Gasteiger partial charge is 0.401 e. The summed E-state index contributed by atoms with van der Waals surface area (Å²) in [7, 11) is 1.53. The lowest BCUT2D eigenvalue weighted by atomic mass is 10.0. The Morgan fingerprint density at radius 2 is 1.95 bits per heavy atom. The molecule has 0 saturated heterocycles. The number of rotatable bonds is 6. The minimum atomic E-state index is -4.40. The summed E-state index contributed by atoms with van der Waals surface area (Å²) in [5, 5.41) is 2.10. The zero-order chi connectivity index (χ0) is 14.5. The number of benzene rings is 1. The van der Waals surface area contributed by atoms with Crippen molar-refractivity contribution in [3.63, 3.8) is 0 Å². The molecule has 0 aromatic heterocycles. The number of alkyl halides is 3. The van der Waals surface area contributed by atoms with Crippen LogP contribution in [0.1, 0.15) is 17.2 Å². The van der Waals surface area contributed by atoms with E-state index in [4.69, 9.17) is 10.5 Å². The number of carbonyl (C=O) groups is 1. The van der Waals surface area contributed by atoms with Crippen molar-refractivity contribution in [1.82, 2.24) is 5.32 Å². The highest BCUT2D eigenvalue weighted by Crippen LogP contribution is 2.18. The Morgan fingerprint density at radius 1 is 1.37 bits per heavy atom. The summed E-state index contributed by atoms with van der Waals surface area (Å²) < 4.78 is 41.3. The van der Waals surface area contributed by atoms with Crippen LogP contribution in [0.5, 0.6) is 0 Å². The monoisotopic (exact) mass is 276 g/mol. The second-order valence-corrected chi connectivity index (χ2v) is 4.01. The second kappa shape index (κ2) is 6.53. The van der Waals surface area contributed by atoms with E-state index in [-0.39, 0.29) is 0 Å². The molecule has 1 unspecified atom stereocenters. The van der Waals surface area contributed by atoms with Gasteiger partial charge in [0.25, 0.3) is 0 Å². The van der Waals surface area contributed by atoms with Gasteiger partial charge in [-0.1, -0.05) is 24.3 Å². The number of hydrogen-bond donors (Lipinski definition) is 2. The Hall–Kier alpha value is -1.60. The summed E-state index contributed by atoms with van der Waals surface area (Å²) in [6.07, 6.45) is -4.40. The molecule has 7 heteroatoms. The highest BCUT2D eigenvalue weighted by Gasteiger charge is 2.29. The van der Waals surface area contributed by atoms with E-state index < -0.39 is 24.7 Å². The summed E-state index contributed by atoms with van der Waals surface area (Å²) >= 11 is 0. The smallest absolute Gasteiger partial charge is 0.380 e. The molecule has 0 fully saturated rings. The van der Waals surface area contributed by atoms with Gasteiger partial charge in [-0.3, -0.25) is 10.1 Å². The lowest BCUT2D eigenvalue weighted by Gasteiger charge is -2.17. The summed E-state index contributed by atoms with van der Waals surface area (Å²) in [6, 6.07) is 5.27. The van der Waals surface area contributed by atoms with Gasteiger partial charge >= 0.3 is 6.18 Å². The first-order valence-electron chi connectivity index (χ1n) is 5.50. The van der Waals surface area contributed by atoms with E-state index in [0.717, 1.165) is 5.56 Å². The zero-order valence-electron chi connectivity index (χ0n) is 10.3. The van der Waals surface area contributed by atoms with Crippen molar-refractivity contribution in [2.75, 3.05) is 13.7 Å². The molecule has 0 heterocycles. The Labute approximate surface area is 108 Å². The molecule has 0 radical (unpaired) electrons. The average molecular weight is 276 g/mol. The highest BCUT2D eigenvalue weighted by molar-refractivity contribution is 5.81. The van der Waals surface area contributed by atoms with Crippen LogP contribution in [0.15, 0.2) is 24.3 Å². The number of halogens is 3. The number of methoxy groups -OCH3 is 1. The van der Waals surface area contributed by atoms with E-state index in [1.54, 1.807) is 24.3 Å². The van der Waals surface area contributed by atoms with Gasteiger partial charge < -0.3 is 10.5 Å². The molecule has 1 amide bonds. The summed E-state index contributed by atoms with van der Waals surface area (Å²) in [4.78, 5) is 11.2. The van der Waals surface area contributed by atoms with Gasteiger partial charge in [-0.25, -0.2) is 0 Å². The van der Waals surface area contributed by atoms with Crippen LogP contribution in [-0.4, -0.2) is 25.7 Å². The maximum Gasteiger partial charge on any atom is 0.401 e. The molecular formula is C12H15F3N2O2. The molecule has 4 nitrogen and oxygen atoms in total. The van der Waals surface area contributed by atoms with Crippen LogP contribution < -0.4 is 11.1 Å². The highest BCUT2D eigenvalue weighted by atomic mass is 19.4. The molecule has 1 aromatic rings. The Kier molecular flexibility index (Phi) is 5.31. The van der Waals surface area contributed by atoms with Gasteiger partial charge in [0.15, 0.2) is 0 Å². The minimum Gasteiger partial charge on any atom is -0.380 e. The van der Waals surface area contributed by atoms with E-state index in [0.29, 0.717) is 12.2 Å². The predicted octanol–water partition coefficient (Wildman–Crippen LogP) is 1.51. The quantitative estimate of drug-likeness (QED) is 0.827. The summed E-state index contributed by atoms with van der Waals surface area (Å²) in [5.41, 5.74) is 6.34. The van der Waals surface area contributed by atoms with Gasteiger partial charge in [-0.05, 0) is 11.1 Å². The van der Waals surface area contributed by atoms with Crippen LogP contribution in [0, 0.1) is 0 Å². The Balaban J connectivity index is 2.78. The fourth-order valence-electron chi connectivity index (χ4n) is 1.57. The fraction of sp³-hybridized carbons (Fsp3) is 0.417. The lowest BCUT2D eigenvalue weighted by molar-refractivity contribution is -0.130. The van der Waals surface area contributed by atoms with Crippen molar-refractivity contribution in [3.05, 3.63) is 35.4 Å². The van der Waals surface area contributed by atoms with Gasteiger partial charge in [-0.15, -0.1) is 0 Å². The minimum absolute atomic E-state index is 0.386. The molecule has 1 rings (SSSR count). The molecule has 1 atom stereocenters. The Morgan fingerprint density at radius 3 is 2.37 bits per heavy atom. The van der Waals surface area contributed by atoms with E-state index in [2.05, 4.69) is 5.32 Å². The number of hydrogen-bond acceptors (Lipinski definition) is 3. The second-order valence-electron chi connectivity index (χ2n) is 4.01. The number of ether oxygens (including phenoxy) is 1. The van der Waals surface area contributed by atoms with Crippen LogP contribution in [-0.2, 0) is 16.1 Å². The third kappa shape index (κ3) is 5.27. The maximum absolute atomic E-state index is 12.1. The number of nitrogens with one attached hydrogen (secondary N) is 1. The molecule has 0 aliphatic heterocycles. The third-order valence-electron chi connectivity index (χ3n) is 2.42. The third-order valence-corrected chi connectivity index (χ3v) is 2.42. The van der Waals surface area contributed by atoms with Crippen LogP contribution in [0.2, 0.25) is 0 Å². The van der Waals surface area contributed by atoms with Crippen molar-refractivity contribution >= 4 is 5.91 Å². The van der Waals surface area contributed by atoms with Crippen molar-refractivity contribution in [3.8, 4) is 0 Å². The molecule has 0 spiro atoms. The molecule has 1 aromatic carbocycles. The van der Waals surface area contributed by atoms with Gasteiger partial charge in [-0.2, -0.15) is 13.2 Å². The van der Waals surface area contributed by atoms with E-state index >= 15 is 0 Å². The first kappa shape index (κ1) is 15.5. The zero-order valence-corrected chi connectivity index (χ0v) is 10.3. The van der Waals surface area contributed by atoms with E-state index in [9.17, 15) is 18.0 Å². The topological polar surface area (TPSA) is 64.3 Å². The van der Waals surface area contributed by atoms with Crippen molar-refractivity contribution in [2.45, 2.75) is 18.8 Å². The van der Waals surface area contributed by atoms with Crippen LogP contribution >= 0.6 is 0 Å². The molecule has 3 N–H and O–H groups in total. The molecule has 0 aliphatic carbocycles. The number of carbonyl (C=O) groups excluding carboxylic acids is 1. The average Bonchev–Trinajstić information content (AvgIpc) is 2.30. The van der Waals surface area contributed by atoms with Gasteiger partial charge in [0.1, 0.15) is 6.04 Å². The SMILES string of the molecule is COCc1ccc(C(NCC(F)(F)F)C(N)=O)cc1. The molecule has 0 bridgehead atoms. The first-order chi connectivity index (χ1) is 8.83. The fourth-order valence-corrected chi connectivity index (χ4v) is 1.57. The number of amides is 1. The van der Waals surface area contributed by atoms with Gasteiger partial charge in [0, 0.05) is 7.11 Å². The Bertz CT molecular complexity index is 418. The van der Waals surface area contributed by atoms with Gasteiger partial charge in [0.2, 0.25) is 5.91 Å². The predicted molar refractivity (Wildman–Crippen MR) is 63.1 cm³/mol. The van der Waals surface area contributed by atoms with E-state index in [1.807, 2.05) is 0 Å². The molecule has 0 saturated carbocycles. The van der Waals surface area contributed by atoms with E-state index in [1.165, 1.54) is 7.11 Å². The molecular weight excluding hydrogens is 261 g/mol. The van der Waals surface area contributed by atoms with Crippen LogP contribution in [0.25, 0.3) is 0 Å². The van der Waals surface area contributed by atoms with Crippen molar-refractivity contribution in [1.29, 1.82) is 0 Å². The first-order valence-corrected chi connectivity index (χ1v) is 5.50. The van der Waals surface area contributed by atoms with Crippen LogP contribution in [0.3, 0.4) is 0 Å².